The number of hydrogen-bond acceptors (Lipinski definition) is 5. The summed E-state index contributed by atoms with van der Waals surface area (Å²) in [6.07, 6.45) is 0.971. The number of likely N-dealkylation sites (N-methyl/N-ethyl adjacent to an activating group) is 1. The van der Waals surface area contributed by atoms with E-state index in [4.69, 9.17) is 9.47 Å². The van der Waals surface area contributed by atoms with E-state index in [1.54, 1.807) is 0 Å². The average Bonchev–Trinajstić information content (AvgIpc) is 2.61. The summed E-state index contributed by atoms with van der Waals surface area (Å²) in [4.78, 5) is 13.4. The minimum atomic E-state index is -0.126. The molecule has 2 atom stereocenters. The molecular formula is C10H18N2O3. The summed E-state index contributed by atoms with van der Waals surface area (Å²) in [6.45, 7) is 3.96. The Hall–Kier alpha value is -0.650. The molecule has 2 saturated heterocycles. The lowest BCUT2D eigenvalue weighted by atomic mass is 10.2. The summed E-state index contributed by atoms with van der Waals surface area (Å²) >= 11 is 0. The summed E-state index contributed by atoms with van der Waals surface area (Å²) in [5.41, 5.74) is 0. The van der Waals surface area contributed by atoms with E-state index in [9.17, 15) is 4.79 Å². The molecule has 0 aromatic heterocycles. The zero-order valence-electron chi connectivity index (χ0n) is 9.07. The van der Waals surface area contributed by atoms with E-state index in [2.05, 4.69) is 17.3 Å². The third-order valence-electron chi connectivity index (χ3n) is 2.87. The van der Waals surface area contributed by atoms with Gasteiger partial charge in [-0.1, -0.05) is 0 Å². The van der Waals surface area contributed by atoms with E-state index in [1.165, 1.54) is 0 Å². The van der Waals surface area contributed by atoms with Gasteiger partial charge in [0.1, 0.15) is 6.04 Å². The molecule has 15 heavy (non-hydrogen) atoms. The first-order chi connectivity index (χ1) is 7.25. The molecule has 0 saturated carbocycles. The molecule has 1 N–H and O–H groups in total. The topological polar surface area (TPSA) is 50.8 Å². The Kier molecular flexibility index (Phi) is 3.56. The number of nitrogens with zero attached hydrogens (tertiary/aromatic N) is 1. The number of ether oxygens (including phenoxy) is 2. The Labute approximate surface area is 89.7 Å². The number of esters is 1. The van der Waals surface area contributed by atoms with E-state index >= 15 is 0 Å². The fourth-order valence-electron chi connectivity index (χ4n) is 1.95. The van der Waals surface area contributed by atoms with Crippen LogP contribution >= 0.6 is 0 Å². The molecule has 0 radical (unpaired) electrons. The van der Waals surface area contributed by atoms with Gasteiger partial charge in [0.25, 0.3) is 0 Å². The van der Waals surface area contributed by atoms with Crippen molar-refractivity contribution in [2.24, 2.45) is 0 Å². The van der Waals surface area contributed by atoms with E-state index in [1.807, 2.05) is 0 Å². The molecular weight excluding hydrogens is 196 g/mol. The third-order valence-corrected chi connectivity index (χ3v) is 2.87. The van der Waals surface area contributed by atoms with Crippen molar-refractivity contribution in [1.82, 2.24) is 10.2 Å². The number of carbonyl (C=O) groups is 1. The molecule has 0 aromatic carbocycles. The first-order valence-corrected chi connectivity index (χ1v) is 5.46. The number of cyclic esters (lactones) is 1. The van der Waals surface area contributed by atoms with Gasteiger partial charge in [-0.15, -0.1) is 0 Å². The zero-order chi connectivity index (χ0) is 10.7. The zero-order valence-corrected chi connectivity index (χ0v) is 9.07. The second-order valence-corrected chi connectivity index (χ2v) is 4.17. The predicted molar refractivity (Wildman–Crippen MR) is 54.6 cm³/mol. The smallest absolute Gasteiger partial charge is 0.323 e. The van der Waals surface area contributed by atoms with Crippen molar-refractivity contribution in [3.05, 3.63) is 0 Å². The van der Waals surface area contributed by atoms with Crippen LogP contribution in [0.15, 0.2) is 0 Å². The number of rotatable bonds is 3. The number of carbonyl (C=O) groups excluding carboxylic acids is 1. The fraction of sp³-hybridized carbons (Fsp3) is 0.900. The highest BCUT2D eigenvalue weighted by Gasteiger charge is 2.27. The minimum absolute atomic E-state index is 0.124. The van der Waals surface area contributed by atoms with E-state index in [-0.39, 0.29) is 18.1 Å². The van der Waals surface area contributed by atoms with E-state index in [0.717, 1.165) is 32.7 Å². The molecule has 5 nitrogen and oxygen atoms in total. The summed E-state index contributed by atoms with van der Waals surface area (Å²) in [5.74, 6) is -0.126. The standard InChI is InChI=1S/C10H18N2O3/c1-12-3-5-14-8(7-12)6-11-9-2-4-15-10(9)13/h8-9,11H,2-7H2,1H3. The Morgan fingerprint density at radius 2 is 2.40 bits per heavy atom. The van der Waals surface area contributed by atoms with Crippen LogP contribution in [0.25, 0.3) is 0 Å². The highest BCUT2D eigenvalue weighted by Crippen LogP contribution is 2.07. The average molecular weight is 214 g/mol. The molecule has 5 heteroatoms. The van der Waals surface area contributed by atoms with Crippen molar-refractivity contribution in [2.45, 2.75) is 18.6 Å². The van der Waals surface area contributed by atoms with Crippen LogP contribution in [0.3, 0.4) is 0 Å². The molecule has 0 amide bonds. The fourth-order valence-corrected chi connectivity index (χ4v) is 1.95. The van der Waals surface area contributed by atoms with E-state index in [0.29, 0.717) is 6.61 Å². The Morgan fingerprint density at radius 1 is 1.53 bits per heavy atom. The van der Waals surface area contributed by atoms with Gasteiger partial charge in [0, 0.05) is 26.1 Å². The number of morpholine rings is 1. The van der Waals surface area contributed by atoms with Crippen molar-refractivity contribution >= 4 is 5.97 Å². The number of nitrogens with one attached hydrogen (secondary N) is 1. The van der Waals surface area contributed by atoms with Gasteiger partial charge in [-0.3, -0.25) is 4.79 Å². The molecule has 0 bridgehead atoms. The van der Waals surface area contributed by atoms with Crippen molar-refractivity contribution in [1.29, 1.82) is 0 Å². The molecule has 0 spiro atoms. The molecule has 2 aliphatic heterocycles. The summed E-state index contributed by atoms with van der Waals surface area (Å²) in [7, 11) is 2.08. The van der Waals surface area contributed by atoms with Crippen molar-refractivity contribution in [3.8, 4) is 0 Å². The van der Waals surface area contributed by atoms with Gasteiger partial charge in [0.05, 0.1) is 19.3 Å². The monoisotopic (exact) mass is 214 g/mol. The largest absolute Gasteiger partial charge is 0.464 e. The molecule has 0 aromatic rings. The second-order valence-electron chi connectivity index (χ2n) is 4.17. The first kappa shape index (κ1) is 10.9. The van der Waals surface area contributed by atoms with Crippen LogP contribution < -0.4 is 5.32 Å². The molecule has 86 valence electrons. The normalized spacial score (nSPS) is 33.0. The molecule has 2 aliphatic rings. The van der Waals surface area contributed by atoms with Crippen molar-refractivity contribution in [3.63, 3.8) is 0 Å². The van der Waals surface area contributed by atoms with Crippen LogP contribution in [0, 0.1) is 0 Å². The Balaban J connectivity index is 1.70. The third kappa shape index (κ3) is 2.90. The van der Waals surface area contributed by atoms with Crippen LogP contribution in [-0.2, 0) is 14.3 Å². The summed E-state index contributed by atoms with van der Waals surface area (Å²) in [5, 5.41) is 3.20. The van der Waals surface area contributed by atoms with Gasteiger partial charge in [0.15, 0.2) is 0 Å². The lowest BCUT2D eigenvalue weighted by Gasteiger charge is -2.30. The van der Waals surface area contributed by atoms with Gasteiger partial charge in [-0.05, 0) is 7.05 Å². The minimum Gasteiger partial charge on any atom is -0.464 e. The highest BCUT2D eigenvalue weighted by molar-refractivity contribution is 5.77. The van der Waals surface area contributed by atoms with Crippen LogP contribution in [0.2, 0.25) is 0 Å². The lowest BCUT2D eigenvalue weighted by Crippen LogP contribution is -2.47. The van der Waals surface area contributed by atoms with Gasteiger partial charge in [0.2, 0.25) is 0 Å². The molecule has 0 aliphatic carbocycles. The first-order valence-electron chi connectivity index (χ1n) is 5.46. The SMILES string of the molecule is CN1CCOC(CNC2CCOC2=O)C1. The maximum atomic E-state index is 11.2. The molecule has 2 unspecified atom stereocenters. The van der Waals surface area contributed by atoms with Crippen molar-refractivity contribution in [2.75, 3.05) is 39.9 Å². The predicted octanol–water partition coefficient (Wildman–Crippen LogP) is -0.778. The lowest BCUT2D eigenvalue weighted by molar-refractivity contribution is -0.139. The highest BCUT2D eigenvalue weighted by atomic mass is 16.5. The Bertz CT molecular complexity index is 235. The van der Waals surface area contributed by atoms with Crippen molar-refractivity contribution < 1.29 is 14.3 Å². The van der Waals surface area contributed by atoms with Gasteiger partial charge >= 0.3 is 5.97 Å². The van der Waals surface area contributed by atoms with Crippen LogP contribution in [0.4, 0.5) is 0 Å². The van der Waals surface area contributed by atoms with Gasteiger partial charge < -0.3 is 19.7 Å². The van der Waals surface area contributed by atoms with Crippen LogP contribution in [0.5, 0.6) is 0 Å². The maximum Gasteiger partial charge on any atom is 0.323 e. The van der Waals surface area contributed by atoms with Gasteiger partial charge in [-0.2, -0.15) is 0 Å². The van der Waals surface area contributed by atoms with Crippen LogP contribution in [0.1, 0.15) is 6.42 Å². The molecule has 2 fully saturated rings. The summed E-state index contributed by atoms with van der Waals surface area (Å²) in [6, 6.07) is -0.124. The molecule has 2 rings (SSSR count). The quantitative estimate of drug-likeness (QED) is 0.625. The Morgan fingerprint density at radius 3 is 3.07 bits per heavy atom. The maximum absolute atomic E-state index is 11.2. The second kappa shape index (κ2) is 4.92. The van der Waals surface area contributed by atoms with E-state index < -0.39 is 0 Å². The number of hydrogen-bond donors (Lipinski definition) is 1. The summed E-state index contributed by atoms with van der Waals surface area (Å²) < 4.78 is 10.5. The van der Waals surface area contributed by atoms with Crippen LogP contribution in [-0.4, -0.2) is 62.9 Å². The van der Waals surface area contributed by atoms with Gasteiger partial charge in [-0.25, -0.2) is 0 Å². The molecule has 2 heterocycles.